The van der Waals surface area contributed by atoms with E-state index in [1.54, 1.807) is 18.3 Å². The third-order valence-electron chi connectivity index (χ3n) is 2.19. The largest absolute Gasteiger partial charge is 0.364 e. The normalized spacial score (nSPS) is 10.1. The number of pyridine rings is 1. The van der Waals surface area contributed by atoms with E-state index in [1.165, 1.54) is 10.9 Å². The molecule has 2 rings (SSSR count). The minimum atomic E-state index is -0.716. The zero-order valence-corrected chi connectivity index (χ0v) is 8.91. The van der Waals surface area contributed by atoms with E-state index >= 15 is 0 Å². The zero-order chi connectivity index (χ0) is 12.3. The molecule has 2 N–H and O–H groups in total. The van der Waals surface area contributed by atoms with Gasteiger partial charge < -0.3 is 5.73 Å². The van der Waals surface area contributed by atoms with Crippen LogP contribution in [0.5, 0.6) is 0 Å². The molecule has 0 fully saturated rings. The van der Waals surface area contributed by atoms with Crippen molar-refractivity contribution in [1.29, 1.82) is 0 Å². The molecule has 1 amide bonds. The first-order chi connectivity index (χ1) is 8.16. The van der Waals surface area contributed by atoms with Crippen molar-refractivity contribution in [3.63, 3.8) is 0 Å². The van der Waals surface area contributed by atoms with E-state index in [-0.39, 0.29) is 11.3 Å². The third-order valence-corrected chi connectivity index (χ3v) is 2.19. The summed E-state index contributed by atoms with van der Waals surface area (Å²) >= 11 is 0. The Labute approximate surface area is 96.8 Å². The van der Waals surface area contributed by atoms with Crippen LogP contribution in [0.3, 0.4) is 0 Å². The van der Waals surface area contributed by atoms with E-state index in [0.717, 1.165) is 11.8 Å². The second-order valence-corrected chi connectivity index (χ2v) is 3.43. The number of amides is 1. The van der Waals surface area contributed by atoms with E-state index in [9.17, 15) is 9.59 Å². The molecule has 6 heteroatoms. The SMILES string of the molecule is NC(=O)c1cc(=O)n(Cc2ccccn2)cn1. The topological polar surface area (TPSA) is 90.9 Å². The van der Waals surface area contributed by atoms with Crippen LogP contribution in [0.2, 0.25) is 0 Å². The van der Waals surface area contributed by atoms with Crippen molar-refractivity contribution >= 4 is 5.91 Å². The molecule has 2 aromatic heterocycles. The molecule has 0 saturated carbocycles. The molecule has 0 saturated heterocycles. The molecule has 0 bridgehead atoms. The van der Waals surface area contributed by atoms with Crippen molar-refractivity contribution in [2.24, 2.45) is 5.73 Å². The molecule has 0 spiro atoms. The highest BCUT2D eigenvalue weighted by Crippen LogP contribution is 1.96. The molecule has 0 radical (unpaired) electrons. The van der Waals surface area contributed by atoms with Crippen molar-refractivity contribution in [3.8, 4) is 0 Å². The van der Waals surface area contributed by atoms with Crippen LogP contribution in [0.4, 0.5) is 0 Å². The Kier molecular flexibility index (Phi) is 2.95. The summed E-state index contributed by atoms with van der Waals surface area (Å²) in [6.45, 7) is 0.311. The average Bonchev–Trinajstić information content (AvgIpc) is 2.33. The van der Waals surface area contributed by atoms with Gasteiger partial charge in [0.05, 0.1) is 18.6 Å². The van der Waals surface area contributed by atoms with Crippen molar-refractivity contribution in [2.75, 3.05) is 0 Å². The lowest BCUT2D eigenvalue weighted by atomic mass is 10.3. The van der Waals surface area contributed by atoms with Gasteiger partial charge in [0.1, 0.15) is 5.69 Å². The number of hydrogen-bond donors (Lipinski definition) is 1. The number of primary amides is 1. The fourth-order valence-corrected chi connectivity index (χ4v) is 1.35. The number of rotatable bonds is 3. The van der Waals surface area contributed by atoms with Gasteiger partial charge >= 0.3 is 0 Å². The van der Waals surface area contributed by atoms with Crippen molar-refractivity contribution in [2.45, 2.75) is 6.54 Å². The standard InChI is InChI=1S/C11H10N4O2/c12-11(17)9-5-10(16)15(7-14-9)6-8-3-1-2-4-13-8/h1-5,7H,6H2,(H2,12,17). The molecule has 0 aliphatic heterocycles. The van der Waals surface area contributed by atoms with Crippen molar-refractivity contribution in [1.82, 2.24) is 14.5 Å². The van der Waals surface area contributed by atoms with E-state index in [1.807, 2.05) is 6.07 Å². The predicted molar refractivity (Wildman–Crippen MR) is 60.4 cm³/mol. The summed E-state index contributed by atoms with van der Waals surface area (Å²) in [5.41, 5.74) is 5.39. The van der Waals surface area contributed by atoms with Crippen LogP contribution in [0, 0.1) is 0 Å². The Bertz CT molecular complexity index is 592. The van der Waals surface area contributed by atoms with Crippen LogP contribution in [0.1, 0.15) is 16.2 Å². The third kappa shape index (κ3) is 2.54. The predicted octanol–water partition coefficient (Wildman–Crippen LogP) is -0.215. The van der Waals surface area contributed by atoms with Crippen LogP contribution in [0.25, 0.3) is 0 Å². The van der Waals surface area contributed by atoms with Crippen LogP contribution in [0.15, 0.2) is 41.6 Å². The maximum Gasteiger partial charge on any atom is 0.267 e. The molecule has 2 heterocycles. The summed E-state index contributed by atoms with van der Waals surface area (Å²) in [5.74, 6) is -0.716. The summed E-state index contributed by atoms with van der Waals surface area (Å²) in [6.07, 6.45) is 2.93. The lowest BCUT2D eigenvalue weighted by molar-refractivity contribution is 0.0995. The zero-order valence-electron chi connectivity index (χ0n) is 8.91. The van der Waals surface area contributed by atoms with Crippen LogP contribution < -0.4 is 11.3 Å². The van der Waals surface area contributed by atoms with Crippen molar-refractivity contribution < 1.29 is 4.79 Å². The van der Waals surface area contributed by atoms with Crippen molar-refractivity contribution in [3.05, 3.63) is 58.5 Å². The molecule has 6 nitrogen and oxygen atoms in total. The maximum absolute atomic E-state index is 11.6. The van der Waals surface area contributed by atoms with Crippen LogP contribution in [-0.4, -0.2) is 20.4 Å². The first-order valence-electron chi connectivity index (χ1n) is 4.93. The monoisotopic (exact) mass is 230 g/mol. The summed E-state index contributed by atoms with van der Waals surface area (Å²) in [5, 5.41) is 0. The van der Waals surface area contributed by atoms with Gasteiger partial charge in [0, 0.05) is 12.3 Å². The molecular formula is C11H10N4O2. The fourth-order valence-electron chi connectivity index (χ4n) is 1.35. The van der Waals surface area contributed by atoms with Gasteiger partial charge in [-0.1, -0.05) is 6.07 Å². The first kappa shape index (κ1) is 11.0. The van der Waals surface area contributed by atoms with E-state index in [0.29, 0.717) is 6.54 Å². The molecule has 0 aliphatic carbocycles. The highest BCUT2D eigenvalue weighted by molar-refractivity contribution is 5.90. The Morgan fingerprint density at radius 1 is 1.35 bits per heavy atom. The Morgan fingerprint density at radius 3 is 2.76 bits per heavy atom. The molecule has 0 aromatic carbocycles. The fraction of sp³-hybridized carbons (Fsp3) is 0.0909. The van der Waals surface area contributed by atoms with Gasteiger partial charge in [0.15, 0.2) is 0 Å². The number of carbonyl (C=O) groups excluding carboxylic acids is 1. The van der Waals surface area contributed by atoms with Gasteiger partial charge in [-0.15, -0.1) is 0 Å². The molecule has 0 aliphatic rings. The Balaban J connectivity index is 2.29. The Hall–Kier alpha value is -2.50. The molecule has 86 valence electrons. The molecule has 0 atom stereocenters. The maximum atomic E-state index is 11.6. The van der Waals surface area contributed by atoms with E-state index in [2.05, 4.69) is 9.97 Å². The lowest BCUT2D eigenvalue weighted by Gasteiger charge is -2.04. The number of nitrogens with zero attached hydrogens (tertiary/aromatic N) is 3. The summed E-state index contributed by atoms with van der Waals surface area (Å²) in [4.78, 5) is 30.3. The summed E-state index contributed by atoms with van der Waals surface area (Å²) < 4.78 is 1.36. The van der Waals surface area contributed by atoms with Gasteiger partial charge in [-0.2, -0.15) is 0 Å². The van der Waals surface area contributed by atoms with E-state index in [4.69, 9.17) is 5.73 Å². The van der Waals surface area contributed by atoms with Crippen LogP contribution in [-0.2, 0) is 6.54 Å². The minimum Gasteiger partial charge on any atom is -0.364 e. The second kappa shape index (κ2) is 4.56. The molecular weight excluding hydrogens is 220 g/mol. The highest BCUT2D eigenvalue weighted by Gasteiger charge is 2.05. The molecule has 17 heavy (non-hydrogen) atoms. The summed E-state index contributed by atoms with van der Waals surface area (Å²) in [6, 6.07) is 6.54. The molecule has 2 aromatic rings. The highest BCUT2D eigenvalue weighted by atomic mass is 16.1. The number of carbonyl (C=O) groups is 1. The second-order valence-electron chi connectivity index (χ2n) is 3.43. The summed E-state index contributed by atoms with van der Waals surface area (Å²) in [7, 11) is 0. The van der Waals surface area contributed by atoms with Gasteiger partial charge in [-0.05, 0) is 12.1 Å². The first-order valence-corrected chi connectivity index (χ1v) is 4.93. The average molecular weight is 230 g/mol. The van der Waals surface area contributed by atoms with Gasteiger partial charge in [-0.25, -0.2) is 4.98 Å². The van der Waals surface area contributed by atoms with Crippen LogP contribution >= 0.6 is 0 Å². The number of nitrogens with two attached hydrogens (primary N) is 1. The number of hydrogen-bond acceptors (Lipinski definition) is 4. The van der Waals surface area contributed by atoms with Gasteiger partial charge in [0.25, 0.3) is 11.5 Å². The lowest BCUT2D eigenvalue weighted by Crippen LogP contribution is -2.24. The quantitative estimate of drug-likeness (QED) is 0.789. The van der Waals surface area contributed by atoms with Gasteiger partial charge in [0.2, 0.25) is 0 Å². The minimum absolute atomic E-state index is 0.0349. The smallest absolute Gasteiger partial charge is 0.267 e. The number of aromatic nitrogens is 3. The van der Waals surface area contributed by atoms with Gasteiger partial charge in [-0.3, -0.25) is 19.1 Å². The molecule has 0 unspecified atom stereocenters. The Morgan fingerprint density at radius 2 is 2.18 bits per heavy atom. The van der Waals surface area contributed by atoms with E-state index < -0.39 is 5.91 Å².